The molecule has 1 heterocycles. The van der Waals surface area contributed by atoms with Crippen LogP contribution in [0.4, 0.5) is 0 Å². The predicted octanol–water partition coefficient (Wildman–Crippen LogP) is 2.18. The molecule has 0 N–H and O–H groups in total. The van der Waals surface area contributed by atoms with E-state index in [1.807, 2.05) is 24.3 Å². The summed E-state index contributed by atoms with van der Waals surface area (Å²) < 4.78 is 1.58. The molecule has 0 fully saturated rings. The third-order valence-corrected chi connectivity index (χ3v) is 2.38. The minimum absolute atomic E-state index is 0.0335. The smallest absolute Gasteiger partial charge is 0.258 e. The molecule has 0 amide bonds. The Hall–Kier alpha value is -1.83. The fraction of sp³-hybridized carbons (Fsp3) is 0.0833. The molecule has 0 unspecified atom stereocenters. The van der Waals surface area contributed by atoms with Crippen LogP contribution in [0.25, 0.3) is 16.8 Å². The Bertz CT molecular complexity index is 552. The lowest BCUT2D eigenvalue weighted by molar-refractivity contribution is 0.873. The van der Waals surface area contributed by atoms with Crippen molar-refractivity contribution in [3.63, 3.8) is 0 Å². The maximum absolute atomic E-state index is 11.7. The first kappa shape index (κ1) is 8.75. The largest absolute Gasteiger partial charge is 0.318 e. The summed E-state index contributed by atoms with van der Waals surface area (Å²) in [6.45, 7) is 3.72. The molecule has 0 aliphatic rings. The predicted molar refractivity (Wildman–Crippen MR) is 59.3 cm³/mol. The van der Waals surface area contributed by atoms with Crippen LogP contribution in [-0.2, 0) is 7.05 Å². The van der Waals surface area contributed by atoms with Crippen molar-refractivity contribution in [2.75, 3.05) is 0 Å². The van der Waals surface area contributed by atoms with Gasteiger partial charge in [-0.3, -0.25) is 4.79 Å². The molecule has 0 aliphatic heterocycles. The number of aryl methyl sites for hydroxylation is 1. The van der Waals surface area contributed by atoms with E-state index in [1.165, 1.54) is 0 Å². The average molecular weight is 185 g/mol. The van der Waals surface area contributed by atoms with Crippen LogP contribution in [0, 0.1) is 0 Å². The molecule has 0 saturated carbocycles. The number of pyridine rings is 1. The molecular formula is C12H11NO. The Morgan fingerprint density at radius 3 is 2.79 bits per heavy atom. The van der Waals surface area contributed by atoms with E-state index in [0.717, 1.165) is 16.3 Å². The van der Waals surface area contributed by atoms with Gasteiger partial charge in [0.05, 0.1) is 0 Å². The molecule has 70 valence electrons. The number of aromatic nitrogens is 1. The van der Waals surface area contributed by atoms with Gasteiger partial charge in [0.25, 0.3) is 5.56 Å². The number of benzene rings is 1. The summed E-state index contributed by atoms with van der Waals surface area (Å²) in [5.41, 5.74) is 1.03. The van der Waals surface area contributed by atoms with E-state index in [9.17, 15) is 4.79 Å². The van der Waals surface area contributed by atoms with Crippen LogP contribution in [0.1, 0.15) is 5.56 Å². The first-order valence-electron chi connectivity index (χ1n) is 4.45. The zero-order valence-electron chi connectivity index (χ0n) is 8.03. The Morgan fingerprint density at radius 2 is 2.07 bits per heavy atom. The fourth-order valence-electron chi connectivity index (χ4n) is 1.58. The van der Waals surface area contributed by atoms with Crippen molar-refractivity contribution >= 4 is 16.8 Å². The van der Waals surface area contributed by atoms with Crippen LogP contribution in [0.3, 0.4) is 0 Å². The van der Waals surface area contributed by atoms with Crippen LogP contribution in [0.2, 0.25) is 0 Å². The molecule has 2 rings (SSSR count). The quantitative estimate of drug-likeness (QED) is 0.667. The molecule has 0 aliphatic carbocycles. The minimum Gasteiger partial charge on any atom is -0.318 e. The van der Waals surface area contributed by atoms with E-state index in [0.29, 0.717) is 0 Å². The Kier molecular flexibility index (Phi) is 1.97. The first-order chi connectivity index (χ1) is 6.74. The summed E-state index contributed by atoms with van der Waals surface area (Å²) in [7, 11) is 1.75. The second-order valence-corrected chi connectivity index (χ2v) is 3.24. The minimum atomic E-state index is 0.0335. The maximum atomic E-state index is 11.7. The zero-order chi connectivity index (χ0) is 10.1. The molecule has 14 heavy (non-hydrogen) atoms. The molecule has 0 saturated heterocycles. The Morgan fingerprint density at radius 1 is 1.29 bits per heavy atom. The molecule has 2 heteroatoms. The summed E-state index contributed by atoms with van der Waals surface area (Å²) in [6, 6.07) is 7.61. The number of fused-ring (bicyclic) bond motifs is 1. The van der Waals surface area contributed by atoms with Crippen molar-refractivity contribution in [1.82, 2.24) is 4.57 Å². The van der Waals surface area contributed by atoms with Gasteiger partial charge in [-0.15, -0.1) is 0 Å². The highest BCUT2D eigenvalue weighted by Crippen LogP contribution is 2.15. The number of rotatable bonds is 1. The van der Waals surface area contributed by atoms with Gasteiger partial charge >= 0.3 is 0 Å². The van der Waals surface area contributed by atoms with Gasteiger partial charge in [-0.1, -0.05) is 24.8 Å². The standard InChI is InChI=1S/C12H11NO/c1-3-9-5-4-6-11-10(9)7-8-13(2)12(11)14/h3-8H,1H2,2H3. The van der Waals surface area contributed by atoms with Crippen LogP contribution < -0.4 is 5.56 Å². The number of hydrogen-bond donors (Lipinski definition) is 0. The van der Waals surface area contributed by atoms with E-state index in [-0.39, 0.29) is 5.56 Å². The number of hydrogen-bond acceptors (Lipinski definition) is 1. The van der Waals surface area contributed by atoms with Crippen molar-refractivity contribution < 1.29 is 0 Å². The molecule has 0 atom stereocenters. The zero-order valence-corrected chi connectivity index (χ0v) is 8.03. The highest BCUT2D eigenvalue weighted by Gasteiger charge is 2.01. The molecule has 1 aromatic heterocycles. The first-order valence-corrected chi connectivity index (χ1v) is 4.45. The molecule has 2 nitrogen and oxygen atoms in total. The maximum Gasteiger partial charge on any atom is 0.258 e. The highest BCUT2D eigenvalue weighted by molar-refractivity contribution is 5.89. The van der Waals surface area contributed by atoms with Crippen LogP contribution in [0.15, 0.2) is 41.8 Å². The average Bonchev–Trinajstić information content (AvgIpc) is 2.23. The highest BCUT2D eigenvalue weighted by atomic mass is 16.1. The molecule has 0 spiro atoms. The van der Waals surface area contributed by atoms with E-state index in [2.05, 4.69) is 6.58 Å². The van der Waals surface area contributed by atoms with E-state index >= 15 is 0 Å². The van der Waals surface area contributed by atoms with Gasteiger partial charge in [0.1, 0.15) is 0 Å². The summed E-state index contributed by atoms with van der Waals surface area (Å²) in [6.07, 6.45) is 3.54. The monoisotopic (exact) mass is 185 g/mol. The Labute approximate surface area is 82.1 Å². The second-order valence-electron chi connectivity index (χ2n) is 3.24. The van der Waals surface area contributed by atoms with Gasteiger partial charge in [-0.05, 0) is 23.1 Å². The molecule has 0 bridgehead atoms. The van der Waals surface area contributed by atoms with E-state index < -0.39 is 0 Å². The SMILES string of the molecule is C=Cc1cccc2c(=O)n(C)ccc12. The lowest BCUT2D eigenvalue weighted by atomic mass is 10.1. The normalized spacial score (nSPS) is 10.4. The lowest BCUT2D eigenvalue weighted by Crippen LogP contribution is -2.15. The van der Waals surface area contributed by atoms with E-state index in [1.54, 1.807) is 23.9 Å². The van der Waals surface area contributed by atoms with Crippen molar-refractivity contribution in [2.45, 2.75) is 0 Å². The van der Waals surface area contributed by atoms with Gasteiger partial charge in [0.2, 0.25) is 0 Å². The number of nitrogens with zero attached hydrogens (tertiary/aromatic N) is 1. The van der Waals surface area contributed by atoms with Crippen LogP contribution in [0.5, 0.6) is 0 Å². The van der Waals surface area contributed by atoms with Crippen molar-refractivity contribution in [3.05, 3.63) is 53.0 Å². The van der Waals surface area contributed by atoms with Crippen molar-refractivity contribution in [1.29, 1.82) is 0 Å². The topological polar surface area (TPSA) is 22.0 Å². The molecule has 1 aromatic carbocycles. The third-order valence-electron chi connectivity index (χ3n) is 2.38. The van der Waals surface area contributed by atoms with Crippen LogP contribution >= 0.6 is 0 Å². The summed E-state index contributed by atoms with van der Waals surface area (Å²) >= 11 is 0. The van der Waals surface area contributed by atoms with Gasteiger partial charge in [-0.2, -0.15) is 0 Å². The molecule has 0 radical (unpaired) electrons. The third kappa shape index (κ3) is 1.16. The van der Waals surface area contributed by atoms with Gasteiger partial charge in [-0.25, -0.2) is 0 Å². The summed E-state index contributed by atoms with van der Waals surface area (Å²) in [5.74, 6) is 0. The summed E-state index contributed by atoms with van der Waals surface area (Å²) in [5, 5.41) is 1.71. The van der Waals surface area contributed by atoms with Crippen molar-refractivity contribution in [2.24, 2.45) is 7.05 Å². The molecular weight excluding hydrogens is 174 g/mol. The van der Waals surface area contributed by atoms with Crippen LogP contribution in [-0.4, -0.2) is 4.57 Å². The summed E-state index contributed by atoms with van der Waals surface area (Å²) in [4.78, 5) is 11.7. The lowest BCUT2D eigenvalue weighted by Gasteiger charge is -2.03. The van der Waals surface area contributed by atoms with Gasteiger partial charge < -0.3 is 4.57 Å². The van der Waals surface area contributed by atoms with Gasteiger partial charge in [0, 0.05) is 18.6 Å². The van der Waals surface area contributed by atoms with Crippen molar-refractivity contribution in [3.8, 4) is 0 Å². The fourth-order valence-corrected chi connectivity index (χ4v) is 1.58. The molecule has 2 aromatic rings. The van der Waals surface area contributed by atoms with E-state index in [4.69, 9.17) is 0 Å². The van der Waals surface area contributed by atoms with Gasteiger partial charge in [0.15, 0.2) is 0 Å². The Balaban J connectivity index is 3.00. The second kappa shape index (κ2) is 3.14.